The zero-order chi connectivity index (χ0) is 27.3. The molecular formula is C29H27F2N3O5. The lowest BCUT2D eigenvalue weighted by molar-refractivity contribution is -0.133. The smallest absolute Gasteiger partial charge is 0.287 e. The van der Waals surface area contributed by atoms with Crippen LogP contribution in [-0.4, -0.2) is 48.1 Å². The van der Waals surface area contributed by atoms with Crippen molar-refractivity contribution in [3.63, 3.8) is 0 Å². The van der Waals surface area contributed by atoms with Crippen molar-refractivity contribution in [1.29, 1.82) is 5.26 Å². The van der Waals surface area contributed by atoms with E-state index in [-0.39, 0.29) is 24.7 Å². The summed E-state index contributed by atoms with van der Waals surface area (Å²) in [6.45, 7) is 1.18. The van der Waals surface area contributed by atoms with Crippen molar-refractivity contribution in [2.75, 3.05) is 13.2 Å². The van der Waals surface area contributed by atoms with Gasteiger partial charge in [-0.25, -0.2) is 8.78 Å². The van der Waals surface area contributed by atoms with E-state index in [0.29, 0.717) is 37.0 Å². The zero-order valence-corrected chi connectivity index (χ0v) is 21.1. The van der Waals surface area contributed by atoms with Crippen molar-refractivity contribution in [2.24, 2.45) is 0 Å². The molecule has 10 heteroatoms. The van der Waals surface area contributed by atoms with E-state index in [1.807, 2.05) is 42.5 Å². The third-order valence-corrected chi connectivity index (χ3v) is 7.78. The number of benzene rings is 2. The molecule has 1 aliphatic heterocycles. The predicted molar refractivity (Wildman–Crippen MR) is 136 cm³/mol. The molecule has 2 aromatic carbocycles. The summed E-state index contributed by atoms with van der Waals surface area (Å²) in [4.78, 5) is 26.5. The first kappa shape index (κ1) is 25.3. The van der Waals surface area contributed by atoms with E-state index in [0.717, 1.165) is 16.9 Å². The van der Waals surface area contributed by atoms with Crippen LogP contribution < -0.4 is 15.4 Å². The number of nitriles is 1. The van der Waals surface area contributed by atoms with E-state index in [2.05, 4.69) is 16.7 Å². The first-order valence-electron chi connectivity index (χ1n) is 13.0. The summed E-state index contributed by atoms with van der Waals surface area (Å²) in [6, 6.07) is 16.8. The van der Waals surface area contributed by atoms with Crippen molar-refractivity contribution >= 4 is 22.8 Å². The molecule has 8 nitrogen and oxygen atoms in total. The van der Waals surface area contributed by atoms with Crippen LogP contribution in [0.1, 0.15) is 49.1 Å². The predicted octanol–water partition coefficient (Wildman–Crippen LogP) is 4.73. The van der Waals surface area contributed by atoms with Crippen molar-refractivity contribution in [1.82, 2.24) is 10.6 Å². The molecule has 0 radical (unpaired) electrons. The summed E-state index contributed by atoms with van der Waals surface area (Å²) in [5.41, 5.74) is -0.258. The first-order valence-corrected chi connectivity index (χ1v) is 13.0. The summed E-state index contributed by atoms with van der Waals surface area (Å²) in [7, 11) is 0. The Morgan fingerprint density at radius 3 is 2.23 bits per heavy atom. The minimum absolute atomic E-state index is 0.0282. The van der Waals surface area contributed by atoms with Gasteiger partial charge in [-0.1, -0.05) is 24.3 Å². The lowest BCUT2D eigenvalue weighted by Gasteiger charge is -2.39. The summed E-state index contributed by atoms with van der Waals surface area (Å²) < 4.78 is 44.7. The molecule has 0 unspecified atom stereocenters. The highest BCUT2D eigenvalue weighted by Crippen LogP contribution is 2.41. The highest BCUT2D eigenvalue weighted by atomic mass is 19.3. The molecule has 1 saturated heterocycles. The average Bonchev–Trinajstić information content (AvgIpc) is 3.54. The summed E-state index contributed by atoms with van der Waals surface area (Å²) in [5.74, 6) is -3.46. The molecule has 3 fully saturated rings. The Balaban J connectivity index is 1.20. The fourth-order valence-electron chi connectivity index (χ4n) is 4.98. The molecule has 0 bridgehead atoms. The van der Waals surface area contributed by atoms with Gasteiger partial charge in [-0.2, -0.15) is 5.26 Å². The number of hydrogen-bond acceptors (Lipinski definition) is 6. The van der Waals surface area contributed by atoms with Crippen LogP contribution in [0.3, 0.4) is 0 Å². The molecular weight excluding hydrogens is 508 g/mol. The second kappa shape index (κ2) is 9.35. The SMILES string of the molecule is N#CC1(NC(=O)C2(NC(=O)c3cc4ccc(-c5ccc(OC6COC6)cc5)cc4o3)CCC(F)(F)CC2)CC1. The molecule has 2 saturated carbocycles. The molecule has 0 atom stereocenters. The molecule has 0 spiro atoms. The molecule has 1 aromatic heterocycles. The Bertz CT molecular complexity index is 1460. The maximum Gasteiger partial charge on any atom is 0.287 e. The maximum atomic E-state index is 14.0. The molecule has 3 aromatic rings. The van der Waals surface area contributed by atoms with Gasteiger partial charge in [0.15, 0.2) is 5.76 Å². The molecule has 2 N–H and O–H groups in total. The molecule has 3 aliphatic rings. The number of nitrogens with one attached hydrogen (secondary N) is 2. The van der Waals surface area contributed by atoms with Crippen LogP contribution in [0.15, 0.2) is 52.9 Å². The Kier molecular flexibility index (Phi) is 6.07. The van der Waals surface area contributed by atoms with E-state index in [1.165, 1.54) is 0 Å². The highest BCUT2D eigenvalue weighted by molar-refractivity contribution is 6.00. The minimum atomic E-state index is -2.91. The third kappa shape index (κ3) is 5.06. The summed E-state index contributed by atoms with van der Waals surface area (Å²) in [5, 5.41) is 15.4. The number of furan rings is 1. The van der Waals surface area contributed by atoms with Crippen LogP contribution in [0.5, 0.6) is 5.75 Å². The Labute approximate surface area is 223 Å². The molecule has 2 heterocycles. The maximum absolute atomic E-state index is 14.0. The van der Waals surface area contributed by atoms with Crippen molar-refractivity contribution in [2.45, 2.75) is 61.6 Å². The number of fused-ring (bicyclic) bond motifs is 1. The van der Waals surface area contributed by atoms with Crippen molar-refractivity contribution in [3.8, 4) is 22.9 Å². The van der Waals surface area contributed by atoms with Gasteiger partial charge >= 0.3 is 0 Å². The molecule has 6 rings (SSSR count). The van der Waals surface area contributed by atoms with Gasteiger partial charge in [0.2, 0.25) is 11.8 Å². The van der Waals surface area contributed by atoms with Gasteiger partial charge in [0, 0.05) is 18.2 Å². The largest absolute Gasteiger partial charge is 0.486 e. The van der Waals surface area contributed by atoms with E-state index in [1.54, 1.807) is 6.07 Å². The summed E-state index contributed by atoms with van der Waals surface area (Å²) in [6.07, 6.45) is -0.492. The molecule has 2 amide bonds. The van der Waals surface area contributed by atoms with E-state index in [9.17, 15) is 23.6 Å². The number of halogens is 2. The van der Waals surface area contributed by atoms with Gasteiger partial charge in [-0.3, -0.25) is 9.59 Å². The normalized spacial score (nSPS) is 20.8. The third-order valence-electron chi connectivity index (χ3n) is 7.78. The number of alkyl halides is 2. The number of rotatable bonds is 7. The topological polar surface area (TPSA) is 114 Å². The molecule has 39 heavy (non-hydrogen) atoms. The summed E-state index contributed by atoms with van der Waals surface area (Å²) >= 11 is 0. The van der Waals surface area contributed by atoms with Gasteiger partial charge < -0.3 is 24.5 Å². The zero-order valence-electron chi connectivity index (χ0n) is 21.1. The van der Waals surface area contributed by atoms with E-state index < -0.39 is 41.7 Å². The fraction of sp³-hybridized carbons (Fsp3) is 0.414. The Hall–Kier alpha value is -3.97. The van der Waals surface area contributed by atoms with Crippen LogP contribution in [-0.2, 0) is 9.53 Å². The van der Waals surface area contributed by atoms with Gasteiger partial charge in [-0.05, 0) is 61.1 Å². The van der Waals surface area contributed by atoms with Crippen LogP contribution in [0.4, 0.5) is 8.78 Å². The number of amides is 2. The molecule has 202 valence electrons. The average molecular weight is 536 g/mol. The molecule has 2 aliphatic carbocycles. The number of ether oxygens (including phenoxy) is 2. The number of carbonyl (C=O) groups is 2. The second-order valence-corrected chi connectivity index (χ2v) is 10.7. The van der Waals surface area contributed by atoms with Crippen molar-refractivity contribution < 1.29 is 32.3 Å². The van der Waals surface area contributed by atoms with Crippen molar-refractivity contribution in [3.05, 3.63) is 54.3 Å². The Morgan fingerprint density at radius 2 is 1.62 bits per heavy atom. The van der Waals surface area contributed by atoms with Crippen LogP contribution >= 0.6 is 0 Å². The lowest BCUT2D eigenvalue weighted by atomic mass is 9.78. The van der Waals surface area contributed by atoms with Crippen LogP contribution in [0.2, 0.25) is 0 Å². The Morgan fingerprint density at radius 1 is 0.923 bits per heavy atom. The van der Waals surface area contributed by atoms with Crippen LogP contribution in [0.25, 0.3) is 22.1 Å². The van der Waals surface area contributed by atoms with Gasteiger partial charge in [0.05, 0.1) is 19.3 Å². The van der Waals surface area contributed by atoms with E-state index >= 15 is 0 Å². The first-order chi connectivity index (χ1) is 18.7. The van der Waals surface area contributed by atoms with Gasteiger partial charge in [0.1, 0.15) is 28.5 Å². The monoisotopic (exact) mass is 535 g/mol. The van der Waals surface area contributed by atoms with E-state index in [4.69, 9.17) is 13.9 Å². The minimum Gasteiger partial charge on any atom is -0.486 e. The number of hydrogen-bond donors (Lipinski definition) is 2. The number of nitrogens with zero attached hydrogens (tertiary/aromatic N) is 1. The van der Waals surface area contributed by atoms with Crippen LogP contribution in [0, 0.1) is 11.3 Å². The highest BCUT2D eigenvalue weighted by Gasteiger charge is 2.53. The second-order valence-electron chi connectivity index (χ2n) is 10.7. The fourth-order valence-corrected chi connectivity index (χ4v) is 4.98. The standard InChI is InChI=1S/C29H27F2N3O5/c30-29(31)11-9-28(10-12-29,26(36)34-27(17-32)7-8-27)33-25(35)24-14-20-2-1-19(13-23(20)39-24)18-3-5-21(6-4-18)38-22-15-37-16-22/h1-6,13-14,22H,7-12,15-16H2,(H,33,35)(H,34,36). The quantitative estimate of drug-likeness (QED) is 0.452. The van der Waals surface area contributed by atoms with Gasteiger partial charge in [0.25, 0.3) is 5.91 Å². The number of carbonyl (C=O) groups excluding carboxylic acids is 2. The lowest BCUT2D eigenvalue weighted by Crippen LogP contribution is -2.62. The van der Waals surface area contributed by atoms with Gasteiger partial charge in [-0.15, -0.1) is 0 Å².